The monoisotopic (exact) mass is 225 g/mol. The van der Waals surface area contributed by atoms with Crippen LogP contribution in [0.1, 0.15) is 66.2 Å². The van der Waals surface area contributed by atoms with Crippen LogP contribution in [0.4, 0.5) is 0 Å². The molecule has 0 spiro atoms. The highest BCUT2D eigenvalue weighted by molar-refractivity contribution is 5.83. The Morgan fingerprint density at radius 3 is 2.31 bits per heavy atom. The molecule has 2 rings (SSSR count). The molecular weight excluding hydrogens is 198 g/mol. The van der Waals surface area contributed by atoms with E-state index in [1.807, 2.05) is 13.8 Å². The standard InChI is InChI=1S/C12H21NO.C2H6/c1-9(8-10-4-5-10)13-11(14)12(2)6-3-7-12;1-2/h9-10H,3-8H2,1-2H3,(H,13,14);1-2H3. The molecule has 2 aliphatic rings. The average molecular weight is 225 g/mol. The molecule has 2 aliphatic carbocycles. The summed E-state index contributed by atoms with van der Waals surface area (Å²) in [5, 5.41) is 3.15. The van der Waals surface area contributed by atoms with Gasteiger partial charge in [-0.1, -0.05) is 40.0 Å². The van der Waals surface area contributed by atoms with Gasteiger partial charge < -0.3 is 5.32 Å². The summed E-state index contributed by atoms with van der Waals surface area (Å²) < 4.78 is 0. The van der Waals surface area contributed by atoms with Crippen LogP contribution in [-0.2, 0) is 4.79 Å². The molecule has 1 unspecified atom stereocenters. The normalized spacial score (nSPS) is 23.5. The lowest BCUT2D eigenvalue weighted by atomic mass is 9.69. The molecule has 0 radical (unpaired) electrons. The van der Waals surface area contributed by atoms with Gasteiger partial charge in [0.15, 0.2) is 0 Å². The minimum absolute atomic E-state index is 0.0299. The Bertz CT molecular complexity index is 229. The van der Waals surface area contributed by atoms with Gasteiger partial charge in [0.05, 0.1) is 0 Å². The van der Waals surface area contributed by atoms with Gasteiger partial charge >= 0.3 is 0 Å². The lowest BCUT2D eigenvalue weighted by Crippen LogP contribution is -2.46. The van der Waals surface area contributed by atoms with Crippen molar-refractivity contribution in [1.29, 1.82) is 0 Å². The number of rotatable bonds is 4. The van der Waals surface area contributed by atoms with E-state index in [4.69, 9.17) is 0 Å². The second-order valence-corrected chi connectivity index (χ2v) is 5.47. The molecule has 0 aromatic carbocycles. The van der Waals surface area contributed by atoms with E-state index in [2.05, 4.69) is 19.2 Å². The maximum atomic E-state index is 11.8. The summed E-state index contributed by atoms with van der Waals surface area (Å²) in [5.74, 6) is 1.19. The number of carbonyl (C=O) groups is 1. The minimum atomic E-state index is -0.0299. The molecule has 1 atom stereocenters. The van der Waals surface area contributed by atoms with Gasteiger partial charge in [-0.3, -0.25) is 4.79 Å². The third-order valence-corrected chi connectivity index (χ3v) is 3.77. The van der Waals surface area contributed by atoms with E-state index in [1.54, 1.807) is 0 Å². The number of carbonyl (C=O) groups excluding carboxylic acids is 1. The highest BCUT2D eigenvalue weighted by Gasteiger charge is 2.39. The van der Waals surface area contributed by atoms with Crippen LogP contribution >= 0.6 is 0 Å². The first kappa shape index (κ1) is 13.5. The maximum Gasteiger partial charge on any atom is 0.226 e. The first-order chi connectivity index (χ1) is 7.60. The van der Waals surface area contributed by atoms with Crippen molar-refractivity contribution >= 4 is 5.91 Å². The van der Waals surface area contributed by atoms with E-state index in [-0.39, 0.29) is 11.3 Å². The van der Waals surface area contributed by atoms with Gasteiger partial charge in [0, 0.05) is 11.5 Å². The predicted octanol–water partition coefficient (Wildman–Crippen LogP) is 3.51. The first-order valence-corrected chi connectivity index (χ1v) is 6.91. The van der Waals surface area contributed by atoms with Crippen molar-refractivity contribution in [1.82, 2.24) is 5.32 Å². The third-order valence-electron chi connectivity index (χ3n) is 3.77. The Hall–Kier alpha value is -0.530. The summed E-state index contributed by atoms with van der Waals surface area (Å²) in [5.41, 5.74) is -0.0299. The smallest absolute Gasteiger partial charge is 0.226 e. The van der Waals surface area contributed by atoms with Crippen LogP contribution in [-0.4, -0.2) is 11.9 Å². The van der Waals surface area contributed by atoms with Crippen molar-refractivity contribution in [2.24, 2.45) is 11.3 Å². The fraction of sp³-hybridized carbons (Fsp3) is 0.929. The number of hydrogen-bond acceptors (Lipinski definition) is 1. The summed E-state index contributed by atoms with van der Waals surface area (Å²) in [6, 6.07) is 0.382. The van der Waals surface area contributed by atoms with E-state index in [1.165, 1.54) is 25.7 Å². The quantitative estimate of drug-likeness (QED) is 0.779. The molecule has 0 aromatic rings. The number of nitrogens with one attached hydrogen (secondary N) is 1. The van der Waals surface area contributed by atoms with Crippen LogP contribution in [0.3, 0.4) is 0 Å². The molecular formula is C14H27NO. The molecule has 2 heteroatoms. The molecule has 94 valence electrons. The lowest BCUT2D eigenvalue weighted by Gasteiger charge is -2.37. The third kappa shape index (κ3) is 3.50. The van der Waals surface area contributed by atoms with Gasteiger partial charge in [0.1, 0.15) is 0 Å². The van der Waals surface area contributed by atoms with Crippen molar-refractivity contribution in [3.63, 3.8) is 0 Å². The number of hydrogen-bond donors (Lipinski definition) is 1. The van der Waals surface area contributed by atoms with Gasteiger partial charge in [0.2, 0.25) is 5.91 Å². The van der Waals surface area contributed by atoms with Gasteiger partial charge in [-0.2, -0.15) is 0 Å². The Labute approximate surface area is 100 Å². The fourth-order valence-corrected chi connectivity index (χ4v) is 2.24. The molecule has 16 heavy (non-hydrogen) atoms. The second kappa shape index (κ2) is 5.70. The van der Waals surface area contributed by atoms with Crippen LogP contribution in [0.25, 0.3) is 0 Å². The largest absolute Gasteiger partial charge is 0.353 e. The van der Waals surface area contributed by atoms with E-state index in [9.17, 15) is 4.79 Å². The highest BCUT2D eigenvalue weighted by Crippen LogP contribution is 2.40. The topological polar surface area (TPSA) is 29.1 Å². The van der Waals surface area contributed by atoms with Crippen LogP contribution < -0.4 is 5.32 Å². The zero-order valence-electron chi connectivity index (χ0n) is 11.3. The van der Waals surface area contributed by atoms with Crippen molar-refractivity contribution in [2.75, 3.05) is 0 Å². The van der Waals surface area contributed by atoms with Gasteiger partial charge in [0.25, 0.3) is 0 Å². The van der Waals surface area contributed by atoms with E-state index < -0.39 is 0 Å². The molecule has 2 fully saturated rings. The van der Waals surface area contributed by atoms with Gasteiger partial charge in [-0.05, 0) is 32.1 Å². The van der Waals surface area contributed by atoms with E-state index in [0.29, 0.717) is 6.04 Å². The Balaban J connectivity index is 0.000000606. The molecule has 0 aliphatic heterocycles. The van der Waals surface area contributed by atoms with Crippen LogP contribution in [0.2, 0.25) is 0 Å². The SMILES string of the molecule is CC.CC(CC1CC1)NC(=O)C1(C)CCC1. The fourth-order valence-electron chi connectivity index (χ4n) is 2.24. The van der Waals surface area contributed by atoms with Crippen molar-refractivity contribution in [3.8, 4) is 0 Å². The van der Waals surface area contributed by atoms with Crippen LogP contribution in [0, 0.1) is 11.3 Å². The molecule has 0 saturated heterocycles. The molecule has 1 amide bonds. The average Bonchev–Trinajstić information content (AvgIpc) is 3.00. The first-order valence-electron chi connectivity index (χ1n) is 6.91. The van der Waals surface area contributed by atoms with Crippen LogP contribution in [0.15, 0.2) is 0 Å². The van der Waals surface area contributed by atoms with Crippen molar-refractivity contribution < 1.29 is 4.79 Å². The molecule has 0 heterocycles. The van der Waals surface area contributed by atoms with Crippen molar-refractivity contribution in [2.45, 2.75) is 72.3 Å². The molecule has 2 nitrogen and oxygen atoms in total. The zero-order valence-corrected chi connectivity index (χ0v) is 11.3. The zero-order chi connectivity index (χ0) is 12.2. The van der Waals surface area contributed by atoms with Gasteiger partial charge in [-0.25, -0.2) is 0 Å². The van der Waals surface area contributed by atoms with Crippen molar-refractivity contribution in [3.05, 3.63) is 0 Å². The Morgan fingerprint density at radius 2 is 1.94 bits per heavy atom. The molecule has 0 bridgehead atoms. The summed E-state index contributed by atoms with van der Waals surface area (Å²) in [6.45, 7) is 8.23. The van der Waals surface area contributed by atoms with E-state index >= 15 is 0 Å². The minimum Gasteiger partial charge on any atom is -0.353 e. The lowest BCUT2D eigenvalue weighted by molar-refractivity contribution is -0.135. The summed E-state index contributed by atoms with van der Waals surface area (Å²) in [4.78, 5) is 11.8. The summed E-state index contributed by atoms with van der Waals surface area (Å²) in [6.07, 6.45) is 7.31. The second-order valence-electron chi connectivity index (χ2n) is 5.47. The summed E-state index contributed by atoms with van der Waals surface area (Å²) >= 11 is 0. The van der Waals surface area contributed by atoms with Crippen LogP contribution in [0.5, 0.6) is 0 Å². The molecule has 2 saturated carbocycles. The van der Waals surface area contributed by atoms with Gasteiger partial charge in [-0.15, -0.1) is 0 Å². The molecule has 0 aromatic heterocycles. The summed E-state index contributed by atoms with van der Waals surface area (Å²) in [7, 11) is 0. The predicted molar refractivity (Wildman–Crippen MR) is 68.3 cm³/mol. The van der Waals surface area contributed by atoms with E-state index in [0.717, 1.165) is 18.8 Å². The Morgan fingerprint density at radius 1 is 1.38 bits per heavy atom. The Kier molecular flexibility index (Phi) is 4.82. The maximum absolute atomic E-state index is 11.8. The highest BCUT2D eigenvalue weighted by atomic mass is 16.2. The number of amides is 1. The molecule has 1 N–H and O–H groups in total.